The summed E-state index contributed by atoms with van der Waals surface area (Å²) in [7, 11) is 1.49. The molecule has 0 saturated carbocycles. The van der Waals surface area contributed by atoms with Crippen LogP contribution in [0, 0.1) is 0 Å². The summed E-state index contributed by atoms with van der Waals surface area (Å²) in [5.74, 6) is -1.89. The van der Waals surface area contributed by atoms with Crippen LogP contribution in [0.4, 0.5) is 0 Å². The lowest BCUT2D eigenvalue weighted by molar-refractivity contribution is 0.0695. The Bertz CT molecular complexity index is 745. The van der Waals surface area contributed by atoms with Crippen molar-refractivity contribution in [2.75, 3.05) is 7.11 Å². The normalized spacial score (nSPS) is 10.3. The van der Waals surface area contributed by atoms with Crippen LogP contribution >= 0.6 is 11.6 Å². The number of carboxylic acids is 2. The van der Waals surface area contributed by atoms with Crippen molar-refractivity contribution >= 4 is 23.5 Å². The van der Waals surface area contributed by atoms with Gasteiger partial charge in [-0.25, -0.2) is 14.6 Å². The molecule has 2 rings (SSSR count). The zero-order valence-corrected chi connectivity index (χ0v) is 12.3. The molecule has 0 aliphatic rings. The number of rotatable bonds is 5. The van der Waals surface area contributed by atoms with Crippen LogP contribution in [-0.2, 0) is 6.42 Å². The zero-order valence-electron chi connectivity index (χ0n) is 11.5. The van der Waals surface area contributed by atoms with Crippen molar-refractivity contribution in [1.82, 2.24) is 4.98 Å². The second-order valence-electron chi connectivity index (χ2n) is 4.48. The van der Waals surface area contributed by atoms with Gasteiger partial charge in [-0.2, -0.15) is 0 Å². The van der Waals surface area contributed by atoms with Crippen LogP contribution in [0.2, 0.25) is 5.15 Å². The highest BCUT2D eigenvalue weighted by atomic mass is 35.5. The van der Waals surface area contributed by atoms with E-state index in [2.05, 4.69) is 4.98 Å². The van der Waals surface area contributed by atoms with Crippen LogP contribution in [0.15, 0.2) is 30.5 Å². The van der Waals surface area contributed by atoms with Gasteiger partial charge in [-0.15, -0.1) is 0 Å². The Labute approximate surface area is 130 Å². The van der Waals surface area contributed by atoms with Gasteiger partial charge in [0.05, 0.1) is 24.4 Å². The van der Waals surface area contributed by atoms with Crippen molar-refractivity contribution in [3.05, 3.63) is 57.9 Å². The van der Waals surface area contributed by atoms with Crippen LogP contribution in [0.3, 0.4) is 0 Å². The molecule has 7 heteroatoms. The van der Waals surface area contributed by atoms with Crippen molar-refractivity contribution in [3.63, 3.8) is 0 Å². The lowest BCUT2D eigenvalue weighted by Crippen LogP contribution is -2.07. The molecule has 0 amide bonds. The van der Waals surface area contributed by atoms with Crippen molar-refractivity contribution in [3.8, 4) is 5.75 Å². The monoisotopic (exact) mass is 321 g/mol. The van der Waals surface area contributed by atoms with Crippen molar-refractivity contribution < 1.29 is 24.5 Å². The summed E-state index contributed by atoms with van der Waals surface area (Å²) in [5, 5.41) is 18.4. The molecule has 2 aromatic rings. The number of pyridine rings is 1. The van der Waals surface area contributed by atoms with E-state index in [0.29, 0.717) is 16.9 Å². The fraction of sp³-hybridized carbons (Fsp3) is 0.133. The van der Waals surface area contributed by atoms with Gasteiger partial charge in [0.25, 0.3) is 0 Å². The molecule has 0 aliphatic heterocycles. The maximum atomic E-state index is 11.3. The molecule has 1 aromatic heterocycles. The maximum absolute atomic E-state index is 11.3. The first-order valence-electron chi connectivity index (χ1n) is 6.20. The van der Waals surface area contributed by atoms with Gasteiger partial charge >= 0.3 is 11.9 Å². The molecule has 1 aromatic carbocycles. The van der Waals surface area contributed by atoms with E-state index in [-0.39, 0.29) is 22.7 Å². The Kier molecular flexibility index (Phi) is 4.62. The van der Waals surface area contributed by atoms with E-state index in [1.807, 2.05) is 0 Å². The number of ether oxygens (including phenoxy) is 1. The number of halogens is 1. The van der Waals surface area contributed by atoms with Gasteiger partial charge in [0.1, 0.15) is 10.9 Å². The van der Waals surface area contributed by atoms with Gasteiger partial charge in [-0.1, -0.05) is 17.7 Å². The predicted octanol–water partition coefficient (Wildman–Crippen LogP) is 2.73. The SMILES string of the molecule is COc1cnc(Cl)c(Cc2ccc(C(=O)O)cc2C(=O)O)c1. The van der Waals surface area contributed by atoms with Crippen LogP contribution in [0.5, 0.6) is 5.75 Å². The first-order chi connectivity index (χ1) is 10.4. The number of benzene rings is 1. The van der Waals surface area contributed by atoms with Crippen LogP contribution in [0.1, 0.15) is 31.8 Å². The lowest BCUT2D eigenvalue weighted by atomic mass is 9.98. The number of aromatic nitrogens is 1. The molecule has 0 aliphatic carbocycles. The highest BCUT2D eigenvalue weighted by molar-refractivity contribution is 6.30. The molecule has 2 N–H and O–H groups in total. The third kappa shape index (κ3) is 3.35. The number of hydrogen-bond acceptors (Lipinski definition) is 4. The topological polar surface area (TPSA) is 96.7 Å². The third-order valence-corrected chi connectivity index (χ3v) is 3.43. The summed E-state index contributed by atoms with van der Waals surface area (Å²) in [6.45, 7) is 0. The summed E-state index contributed by atoms with van der Waals surface area (Å²) in [6, 6.07) is 5.60. The fourth-order valence-electron chi connectivity index (χ4n) is 1.98. The quantitative estimate of drug-likeness (QED) is 0.822. The molecular formula is C15H12ClNO5. The Hall–Kier alpha value is -2.60. The van der Waals surface area contributed by atoms with Crippen LogP contribution in [0.25, 0.3) is 0 Å². The van der Waals surface area contributed by atoms with E-state index in [4.69, 9.17) is 21.4 Å². The molecule has 0 spiro atoms. The minimum atomic E-state index is -1.20. The molecule has 114 valence electrons. The Morgan fingerprint density at radius 3 is 2.50 bits per heavy atom. The van der Waals surface area contributed by atoms with Gasteiger partial charge in [0.2, 0.25) is 0 Å². The highest BCUT2D eigenvalue weighted by Crippen LogP contribution is 2.24. The maximum Gasteiger partial charge on any atom is 0.336 e. The van der Waals surface area contributed by atoms with E-state index in [1.165, 1.54) is 25.4 Å². The minimum Gasteiger partial charge on any atom is -0.495 e. The first kappa shape index (κ1) is 15.8. The molecule has 0 unspecified atom stereocenters. The van der Waals surface area contributed by atoms with Crippen molar-refractivity contribution in [2.24, 2.45) is 0 Å². The number of carboxylic acid groups (broad SMARTS) is 2. The van der Waals surface area contributed by atoms with E-state index in [9.17, 15) is 14.7 Å². The first-order valence-corrected chi connectivity index (χ1v) is 6.58. The van der Waals surface area contributed by atoms with Gasteiger partial charge in [-0.3, -0.25) is 0 Å². The van der Waals surface area contributed by atoms with Crippen molar-refractivity contribution in [1.29, 1.82) is 0 Å². The molecule has 6 nitrogen and oxygen atoms in total. The van der Waals surface area contributed by atoms with E-state index in [1.54, 1.807) is 6.07 Å². The average Bonchev–Trinajstić information content (AvgIpc) is 2.49. The summed E-state index contributed by atoms with van der Waals surface area (Å²) in [5.41, 5.74) is 0.857. The number of nitrogens with zero attached hydrogens (tertiary/aromatic N) is 1. The Morgan fingerprint density at radius 2 is 1.91 bits per heavy atom. The van der Waals surface area contributed by atoms with Crippen LogP contribution < -0.4 is 4.74 Å². The molecule has 0 radical (unpaired) electrons. The number of aromatic carboxylic acids is 2. The lowest BCUT2D eigenvalue weighted by Gasteiger charge is -2.10. The molecule has 22 heavy (non-hydrogen) atoms. The highest BCUT2D eigenvalue weighted by Gasteiger charge is 2.16. The standard InChI is InChI=1S/C15H12ClNO5/c1-22-11-5-10(13(16)17-7-11)4-8-2-3-9(14(18)19)6-12(8)15(20)21/h2-3,5-7H,4H2,1H3,(H,18,19)(H,20,21). The predicted molar refractivity (Wildman–Crippen MR) is 79.0 cm³/mol. The van der Waals surface area contributed by atoms with Gasteiger partial charge in [0.15, 0.2) is 0 Å². The third-order valence-electron chi connectivity index (χ3n) is 3.09. The fourth-order valence-corrected chi connectivity index (χ4v) is 2.15. The Morgan fingerprint density at radius 1 is 1.18 bits per heavy atom. The summed E-state index contributed by atoms with van der Waals surface area (Å²) in [6.07, 6.45) is 1.65. The second kappa shape index (κ2) is 6.44. The van der Waals surface area contributed by atoms with Crippen molar-refractivity contribution in [2.45, 2.75) is 6.42 Å². The van der Waals surface area contributed by atoms with E-state index in [0.717, 1.165) is 6.07 Å². The molecule has 0 bridgehead atoms. The van der Waals surface area contributed by atoms with E-state index >= 15 is 0 Å². The minimum absolute atomic E-state index is 0.0845. The molecule has 0 atom stereocenters. The summed E-state index contributed by atoms with van der Waals surface area (Å²) in [4.78, 5) is 26.2. The second-order valence-corrected chi connectivity index (χ2v) is 4.84. The summed E-state index contributed by atoms with van der Waals surface area (Å²) >= 11 is 6.01. The summed E-state index contributed by atoms with van der Waals surface area (Å²) < 4.78 is 5.06. The molecule has 0 fully saturated rings. The van der Waals surface area contributed by atoms with Gasteiger partial charge in [0, 0.05) is 6.42 Å². The molecule has 0 saturated heterocycles. The van der Waals surface area contributed by atoms with Gasteiger partial charge in [-0.05, 0) is 29.3 Å². The van der Waals surface area contributed by atoms with Crippen LogP contribution in [-0.4, -0.2) is 34.2 Å². The number of methoxy groups -OCH3 is 1. The molecule has 1 heterocycles. The van der Waals surface area contributed by atoms with Gasteiger partial charge < -0.3 is 14.9 Å². The number of carbonyl (C=O) groups is 2. The molecular weight excluding hydrogens is 310 g/mol. The van der Waals surface area contributed by atoms with E-state index < -0.39 is 11.9 Å². The smallest absolute Gasteiger partial charge is 0.336 e. The Balaban J connectivity index is 2.45. The average molecular weight is 322 g/mol. The number of hydrogen-bond donors (Lipinski definition) is 2. The largest absolute Gasteiger partial charge is 0.495 e. The zero-order chi connectivity index (χ0) is 16.3.